The second-order valence-electron chi connectivity index (χ2n) is 6.24. The van der Waals surface area contributed by atoms with Crippen molar-refractivity contribution in [2.75, 3.05) is 45.2 Å². The third kappa shape index (κ3) is 3.44. The Hall–Kier alpha value is -2.33. The summed E-state index contributed by atoms with van der Waals surface area (Å²) in [5.41, 5.74) is 3.89. The van der Waals surface area contributed by atoms with Crippen molar-refractivity contribution in [3.63, 3.8) is 0 Å². The first-order valence-electron chi connectivity index (χ1n) is 8.39. The van der Waals surface area contributed by atoms with Gasteiger partial charge in [-0.3, -0.25) is 4.79 Å². The molecule has 0 unspecified atom stereocenters. The normalized spacial score (nSPS) is 15.8. The second kappa shape index (κ2) is 7.49. The maximum atomic E-state index is 11.5. The van der Waals surface area contributed by atoms with Crippen LogP contribution in [0.3, 0.4) is 0 Å². The molecule has 126 valence electrons. The van der Waals surface area contributed by atoms with Crippen molar-refractivity contribution in [1.82, 2.24) is 4.90 Å². The number of carbonyl (C=O) groups is 1. The van der Waals surface area contributed by atoms with E-state index in [4.69, 9.17) is 4.74 Å². The summed E-state index contributed by atoms with van der Waals surface area (Å²) in [6, 6.07) is 14.0. The molecule has 4 heteroatoms. The Morgan fingerprint density at radius 1 is 1.04 bits per heavy atom. The van der Waals surface area contributed by atoms with Gasteiger partial charge in [-0.2, -0.15) is 0 Å². The van der Waals surface area contributed by atoms with Crippen molar-refractivity contribution in [3.8, 4) is 16.9 Å². The van der Waals surface area contributed by atoms with Gasteiger partial charge in [0, 0.05) is 36.4 Å². The van der Waals surface area contributed by atoms with Crippen molar-refractivity contribution >= 4 is 12.0 Å². The highest BCUT2D eigenvalue weighted by Gasteiger charge is 2.17. The van der Waals surface area contributed by atoms with Gasteiger partial charge in [0.1, 0.15) is 5.75 Å². The molecular formula is C20H24N2O2. The number of methoxy groups -OCH3 is 1. The molecular weight excluding hydrogens is 300 g/mol. The molecule has 0 aromatic heterocycles. The molecule has 1 heterocycles. The van der Waals surface area contributed by atoms with Crippen molar-refractivity contribution in [1.29, 1.82) is 0 Å². The number of nitrogens with zero attached hydrogens (tertiary/aromatic N) is 2. The van der Waals surface area contributed by atoms with Gasteiger partial charge < -0.3 is 14.5 Å². The number of aldehydes is 1. The van der Waals surface area contributed by atoms with E-state index in [1.54, 1.807) is 7.11 Å². The first-order valence-corrected chi connectivity index (χ1v) is 8.39. The van der Waals surface area contributed by atoms with Gasteiger partial charge >= 0.3 is 0 Å². The summed E-state index contributed by atoms with van der Waals surface area (Å²) in [7, 11) is 3.83. The van der Waals surface area contributed by atoms with E-state index in [0.717, 1.165) is 67.0 Å². The number of rotatable bonds is 4. The number of hydrogen-bond acceptors (Lipinski definition) is 4. The Balaban J connectivity index is 2.00. The summed E-state index contributed by atoms with van der Waals surface area (Å²) in [5.74, 6) is 0.845. The van der Waals surface area contributed by atoms with E-state index in [2.05, 4.69) is 29.0 Å². The van der Waals surface area contributed by atoms with Crippen LogP contribution in [0.15, 0.2) is 42.5 Å². The summed E-state index contributed by atoms with van der Waals surface area (Å²) in [5, 5.41) is 0. The number of anilines is 1. The highest BCUT2D eigenvalue weighted by Crippen LogP contribution is 2.33. The molecule has 0 N–H and O–H groups in total. The molecule has 24 heavy (non-hydrogen) atoms. The van der Waals surface area contributed by atoms with E-state index in [1.807, 2.05) is 30.3 Å². The fourth-order valence-corrected chi connectivity index (χ4v) is 3.26. The highest BCUT2D eigenvalue weighted by atomic mass is 16.5. The van der Waals surface area contributed by atoms with Crippen LogP contribution in [0.4, 0.5) is 5.69 Å². The van der Waals surface area contributed by atoms with Gasteiger partial charge in [-0.05, 0) is 43.8 Å². The number of ether oxygens (including phenoxy) is 1. The maximum absolute atomic E-state index is 11.5. The van der Waals surface area contributed by atoms with Crippen LogP contribution in [0.2, 0.25) is 0 Å². The predicted molar refractivity (Wildman–Crippen MR) is 98.1 cm³/mol. The number of likely N-dealkylation sites (N-methyl/N-ethyl adjacent to an activating group) is 1. The monoisotopic (exact) mass is 324 g/mol. The van der Waals surface area contributed by atoms with Gasteiger partial charge in [0.05, 0.1) is 7.11 Å². The van der Waals surface area contributed by atoms with Crippen molar-refractivity contribution in [2.24, 2.45) is 0 Å². The molecule has 3 rings (SSSR count). The molecule has 2 aromatic rings. The molecule has 2 aromatic carbocycles. The minimum Gasteiger partial charge on any atom is -0.496 e. The summed E-state index contributed by atoms with van der Waals surface area (Å²) in [6.45, 7) is 4.02. The van der Waals surface area contributed by atoms with Crippen LogP contribution in [0.25, 0.3) is 11.1 Å². The van der Waals surface area contributed by atoms with E-state index in [-0.39, 0.29) is 0 Å². The van der Waals surface area contributed by atoms with Crippen LogP contribution < -0.4 is 9.64 Å². The Morgan fingerprint density at radius 2 is 1.88 bits per heavy atom. The second-order valence-corrected chi connectivity index (χ2v) is 6.24. The summed E-state index contributed by atoms with van der Waals surface area (Å²) in [6.07, 6.45) is 2.06. The van der Waals surface area contributed by atoms with E-state index in [9.17, 15) is 4.79 Å². The van der Waals surface area contributed by atoms with E-state index >= 15 is 0 Å². The molecule has 0 radical (unpaired) electrons. The lowest BCUT2D eigenvalue weighted by Crippen LogP contribution is -2.29. The zero-order valence-electron chi connectivity index (χ0n) is 14.4. The maximum Gasteiger partial charge on any atom is 0.152 e. The molecule has 0 amide bonds. The van der Waals surface area contributed by atoms with Crippen LogP contribution in [-0.4, -0.2) is 51.5 Å². The molecule has 0 bridgehead atoms. The lowest BCUT2D eigenvalue weighted by atomic mass is 10.0. The Labute approximate surface area is 143 Å². The fraction of sp³-hybridized carbons (Fsp3) is 0.350. The Kier molecular flexibility index (Phi) is 5.16. The summed E-state index contributed by atoms with van der Waals surface area (Å²) >= 11 is 0. The average Bonchev–Trinajstić information content (AvgIpc) is 2.85. The lowest BCUT2D eigenvalue weighted by molar-refractivity contribution is 0.112. The molecule has 1 aliphatic rings. The quantitative estimate of drug-likeness (QED) is 0.808. The van der Waals surface area contributed by atoms with Crippen LogP contribution in [-0.2, 0) is 0 Å². The molecule has 1 saturated heterocycles. The third-order valence-corrected chi connectivity index (χ3v) is 4.64. The Morgan fingerprint density at radius 3 is 2.67 bits per heavy atom. The van der Waals surface area contributed by atoms with Gasteiger partial charge in [-0.15, -0.1) is 0 Å². The van der Waals surface area contributed by atoms with Crippen LogP contribution in [0, 0.1) is 0 Å². The van der Waals surface area contributed by atoms with E-state index < -0.39 is 0 Å². The standard InChI is InChI=1S/C20H24N2O2/c1-21-10-5-11-22(13-12-21)19-14-16(8-9-17(19)15-23)18-6-3-4-7-20(18)24-2/h3-4,6-9,14-15H,5,10-13H2,1-2H3. The lowest BCUT2D eigenvalue weighted by Gasteiger charge is -2.25. The van der Waals surface area contributed by atoms with Crippen molar-refractivity contribution < 1.29 is 9.53 Å². The summed E-state index contributed by atoms with van der Waals surface area (Å²) in [4.78, 5) is 16.2. The van der Waals surface area contributed by atoms with Gasteiger partial charge in [0.15, 0.2) is 6.29 Å². The topological polar surface area (TPSA) is 32.8 Å². The molecule has 0 aliphatic carbocycles. The van der Waals surface area contributed by atoms with Gasteiger partial charge in [-0.1, -0.05) is 24.3 Å². The molecule has 0 saturated carbocycles. The number of hydrogen-bond donors (Lipinski definition) is 0. The van der Waals surface area contributed by atoms with Crippen molar-refractivity contribution in [3.05, 3.63) is 48.0 Å². The molecule has 4 nitrogen and oxygen atoms in total. The van der Waals surface area contributed by atoms with Gasteiger partial charge in [0.2, 0.25) is 0 Å². The zero-order valence-corrected chi connectivity index (χ0v) is 14.4. The molecule has 1 aliphatic heterocycles. The number of carbonyl (C=O) groups excluding carboxylic acids is 1. The fourth-order valence-electron chi connectivity index (χ4n) is 3.26. The zero-order chi connectivity index (χ0) is 16.9. The van der Waals surface area contributed by atoms with Gasteiger partial charge in [0.25, 0.3) is 0 Å². The predicted octanol–water partition coefficient (Wildman–Crippen LogP) is 3.32. The third-order valence-electron chi connectivity index (χ3n) is 4.64. The Bertz CT molecular complexity index is 715. The van der Waals surface area contributed by atoms with Crippen LogP contribution in [0.5, 0.6) is 5.75 Å². The number of benzene rings is 2. The minimum absolute atomic E-state index is 0.748. The van der Waals surface area contributed by atoms with Crippen LogP contribution in [0.1, 0.15) is 16.8 Å². The molecule has 0 spiro atoms. The molecule has 0 atom stereocenters. The summed E-state index contributed by atoms with van der Waals surface area (Å²) < 4.78 is 5.49. The SMILES string of the molecule is COc1ccccc1-c1ccc(C=O)c(N2CCCN(C)CC2)c1. The van der Waals surface area contributed by atoms with Crippen LogP contribution >= 0.6 is 0 Å². The number of para-hydroxylation sites is 1. The van der Waals surface area contributed by atoms with E-state index in [0.29, 0.717) is 0 Å². The first kappa shape index (κ1) is 16.5. The van der Waals surface area contributed by atoms with Crippen molar-refractivity contribution in [2.45, 2.75) is 6.42 Å². The van der Waals surface area contributed by atoms with E-state index in [1.165, 1.54) is 0 Å². The van der Waals surface area contributed by atoms with Gasteiger partial charge in [-0.25, -0.2) is 0 Å². The first-order chi connectivity index (χ1) is 11.7. The molecule has 1 fully saturated rings. The smallest absolute Gasteiger partial charge is 0.152 e. The average molecular weight is 324 g/mol. The largest absolute Gasteiger partial charge is 0.496 e. The highest BCUT2D eigenvalue weighted by molar-refractivity contribution is 5.88. The minimum atomic E-state index is 0.748.